The Labute approximate surface area is 275 Å². The molecule has 1 saturated carbocycles. The van der Waals surface area contributed by atoms with Gasteiger partial charge in [0.1, 0.15) is 22.9 Å². The van der Waals surface area contributed by atoms with Gasteiger partial charge in [-0.3, -0.25) is 4.90 Å². The summed E-state index contributed by atoms with van der Waals surface area (Å²) in [6, 6.07) is 7.19. The van der Waals surface area contributed by atoms with Crippen LogP contribution in [0, 0.1) is 28.7 Å². The Kier molecular flexibility index (Phi) is 7.04. The summed E-state index contributed by atoms with van der Waals surface area (Å²) >= 11 is 0. The molecule has 48 heavy (non-hydrogen) atoms. The summed E-state index contributed by atoms with van der Waals surface area (Å²) in [5, 5.41) is 14.0. The zero-order valence-electron chi connectivity index (χ0n) is 26.8. The number of hydrogen-bond donors (Lipinski definition) is 2. The maximum Gasteiger partial charge on any atom is 0.319 e. The second kappa shape index (κ2) is 11.1. The molecule has 0 amide bonds. The van der Waals surface area contributed by atoms with Crippen molar-refractivity contribution in [2.75, 3.05) is 51.3 Å². The third kappa shape index (κ3) is 5.06. The van der Waals surface area contributed by atoms with Gasteiger partial charge in [0.15, 0.2) is 17.5 Å². The van der Waals surface area contributed by atoms with E-state index in [1.165, 1.54) is 25.0 Å². The van der Waals surface area contributed by atoms with E-state index in [1.807, 2.05) is 4.90 Å². The van der Waals surface area contributed by atoms with Crippen molar-refractivity contribution in [2.24, 2.45) is 5.41 Å². The minimum atomic E-state index is -1.26. The van der Waals surface area contributed by atoms with E-state index in [0.29, 0.717) is 37.6 Å². The molecule has 3 aromatic carbocycles. The molecule has 8 nitrogen and oxygen atoms in total. The molecule has 5 aliphatic rings. The fourth-order valence-corrected chi connectivity index (χ4v) is 8.85. The largest absolute Gasteiger partial charge is 0.508 e. The number of nitrogens with one attached hydrogen (secondary N) is 1. The van der Waals surface area contributed by atoms with E-state index >= 15 is 13.2 Å². The number of benzene rings is 3. The van der Waals surface area contributed by atoms with Crippen LogP contribution in [-0.4, -0.2) is 95.4 Å². The first kappa shape index (κ1) is 30.3. The van der Waals surface area contributed by atoms with Crippen molar-refractivity contribution in [3.63, 3.8) is 0 Å². The highest BCUT2D eigenvalue weighted by molar-refractivity contribution is 6.02. The standard InChI is InChI=1S/C36H38F4N6O2/c1-44-15-22-5-6-23(16-44)46(22)17-36(8-9-36)18-48-35-42-33-26(34(43-35)45-13-20-3-4-21(14-45)41-20)12-28(38)30(32(33)40)25-11-24(47)10-19-2-7-27(37)31(39)29(19)25/h2,7,10-12,20-23,41,47H,3-6,8-9,13-18H2,1H3. The Hall–Kier alpha value is -3.74. The first-order valence-electron chi connectivity index (χ1n) is 17.0. The van der Waals surface area contributed by atoms with Crippen molar-refractivity contribution in [3.8, 4) is 22.9 Å². The van der Waals surface area contributed by atoms with Crippen molar-refractivity contribution in [1.29, 1.82) is 0 Å². The molecule has 4 unspecified atom stereocenters. The summed E-state index contributed by atoms with van der Waals surface area (Å²) in [6.07, 6.45) is 6.47. The summed E-state index contributed by atoms with van der Waals surface area (Å²) in [5.74, 6) is -4.42. The number of halogens is 4. The molecule has 4 aliphatic heterocycles. The van der Waals surface area contributed by atoms with Crippen molar-refractivity contribution in [2.45, 2.75) is 62.7 Å². The molecule has 0 radical (unpaired) electrons. The first-order valence-corrected chi connectivity index (χ1v) is 17.0. The van der Waals surface area contributed by atoms with Crippen molar-refractivity contribution in [3.05, 3.63) is 53.6 Å². The number of nitrogens with zero attached hydrogens (tertiary/aromatic N) is 5. The molecular formula is C36H38F4N6O2. The summed E-state index contributed by atoms with van der Waals surface area (Å²) in [6.45, 7) is 4.69. The van der Waals surface area contributed by atoms with Gasteiger partial charge in [-0.05, 0) is 75.2 Å². The van der Waals surface area contributed by atoms with E-state index in [4.69, 9.17) is 9.72 Å². The van der Waals surface area contributed by atoms with Crippen LogP contribution in [0.25, 0.3) is 32.8 Å². The number of aromatic nitrogens is 2. The van der Waals surface area contributed by atoms with Crippen LogP contribution in [0.2, 0.25) is 0 Å². The fourth-order valence-electron chi connectivity index (χ4n) is 8.85. The van der Waals surface area contributed by atoms with Gasteiger partial charge in [0.05, 0.1) is 12.2 Å². The summed E-state index contributed by atoms with van der Waals surface area (Å²) in [4.78, 5) is 16.4. The lowest BCUT2D eigenvalue weighted by Crippen LogP contribution is -2.54. The second-order valence-electron chi connectivity index (χ2n) is 14.8. The topological polar surface area (TPSA) is 77.0 Å². The number of hydrogen-bond acceptors (Lipinski definition) is 8. The number of phenols is 1. The molecule has 252 valence electrons. The number of likely N-dealkylation sites (tertiary alicyclic amines) is 1. The van der Waals surface area contributed by atoms with Gasteiger partial charge >= 0.3 is 6.01 Å². The smallest absolute Gasteiger partial charge is 0.319 e. The van der Waals surface area contributed by atoms with E-state index in [2.05, 4.69) is 27.1 Å². The maximum absolute atomic E-state index is 16.8. The van der Waals surface area contributed by atoms with Crippen molar-refractivity contribution in [1.82, 2.24) is 25.1 Å². The van der Waals surface area contributed by atoms with Crippen LogP contribution < -0.4 is 15.0 Å². The van der Waals surface area contributed by atoms with Gasteiger partial charge in [-0.15, -0.1) is 0 Å². The first-order chi connectivity index (χ1) is 23.1. The quantitative estimate of drug-likeness (QED) is 0.248. The van der Waals surface area contributed by atoms with Crippen LogP contribution in [0.15, 0.2) is 30.3 Å². The molecule has 1 aromatic heterocycles. The van der Waals surface area contributed by atoms with Gasteiger partial charge in [0, 0.05) is 78.6 Å². The van der Waals surface area contributed by atoms with Crippen LogP contribution in [0.3, 0.4) is 0 Å². The highest BCUT2D eigenvalue weighted by Crippen LogP contribution is 2.49. The SMILES string of the molecule is CN1CC2CCC(C1)N2CC1(COc2nc(N3CC4CCC(C3)N4)c3cc(F)c(-c4cc(O)cc5ccc(F)c(F)c45)c(F)c3n2)CC1. The lowest BCUT2D eigenvalue weighted by Gasteiger charge is -2.41. The van der Waals surface area contributed by atoms with Crippen LogP contribution in [0.1, 0.15) is 38.5 Å². The molecule has 4 saturated heterocycles. The minimum absolute atomic E-state index is 0.00505. The molecular weight excluding hydrogens is 624 g/mol. The van der Waals surface area contributed by atoms with Gasteiger partial charge < -0.3 is 25.0 Å². The Morgan fingerprint density at radius 1 is 0.896 bits per heavy atom. The van der Waals surface area contributed by atoms with Crippen LogP contribution >= 0.6 is 0 Å². The fraction of sp³-hybridized carbons (Fsp3) is 0.500. The van der Waals surface area contributed by atoms with Gasteiger partial charge in [0.25, 0.3) is 0 Å². The van der Waals surface area contributed by atoms with E-state index in [1.54, 1.807) is 0 Å². The Balaban J connectivity index is 1.12. The molecule has 4 atom stereocenters. The van der Waals surface area contributed by atoms with Crippen LogP contribution in [0.4, 0.5) is 23.4 Å². The van der Waals surface area contributed by atoms with E-state index in [-0.39, 0.29) is 56.5 Å². The molecule has 5 fully saturated rings. The average molecular weight is 663 g/mol. The number of aromatic hydroxyl groups is 1. The molecule has 5 heterocycles. The number of fused-ring (bicyclic) bond motifs is 6. The minimum Gasteiger partial charge on any atom is -0.508 e. The van der Waals surface area contributed by atoms with E-state index < -0.39 is 28.8 Å². The molecule has 9 rings (SSSR count). The second-order valence-corrected chi connectivity index (χ2v) is 14.8. The number of anilines is 1. The summed E-state index contributed by atoms with van der Waals surface area (Å²) in [7, 11) is 2.19. The lowest BCUT2D eigenvalue weighted by molar-refractivity contribution is 0.0517. The normalized spacial score (nSPS) is 26.6. The number of rotatable bonds is 7. The van der Waals surface area contributed by atoms with E-state index in [0.717, 1.165) is 63.5 Å². The van der Waals surface area contributed by atoms with Gasteiger partial charge in [-0.1, -0.05) is 6.07 Å². The molecule has 4 bridgehead atoms. The summed E-state index contributed by atoms with van der Waals surface area (Å²) in [5.41, 5.74) is -1.11. The van der Waals surface area contributed by atoms with Gasteiger partial charge in [-0.2, -0.15) is 9.97 Å². The number of likely N-dealkylation sites (N-methyl/N-ethyl adjacent to an activating group) is 1. The molecule has 4 aromatic rings. The molecule has 1 aliphatic carbocycles. The maximum atomic E-state index is 16.8. The average Bonchev–Trinajstić information content (AvgIpc) is 3.69. The van der Waals surface area contributed by atoms with Gasteiger partial charge in [0.2, 0.25) is 0 Å². The number of piperazine rings is 2. The molecule has 12 heteroatoms. The Morgan fingerprint density at radius 2 is 1.62 bits per heavy atom. The Bertz CT molecular complexity index is 1930. The Morgan fingerprint density at radius 3 is 2.33 bits per heavy atom. The monoisotopic (exact) mass is 662 g/mol. The highest BCUT2D eigenvalue weighted by Gasteiger charge is 2.50. The highest BCUT2D eigenvalue weighted by atomic mass is 19.2. The van der Waals surface area contributed by atoms with Crippen molar-refractivity contribution >= 4 is 27.5 Å². The molecule has 2 N–H and O–H groups in total. The number of ether oxygens (including phenoxy) is 1. The van der Waals surface area contributed by atoms with E-state index in [9.17, 15) is 9.50 Å². The summed E-state index contributed by atoms with van der Waals surface area (Å²) < 4.78 is 68.9. The van der Waals surface area contributed by atoms with Crippen LogP contribution in [0.5, 0.6) is 11.8 Å². The third-order valence-corrected chi connectivity index (χ3v) is 11.4. The van der Waals surface area contributed by atoms with Gasteiger partial charge in [-0.25, -0.2) is 17.6 Å². The third-order valence-electron chi connectivity index (χ3n) is 11.4. The number of phenolic OH excluding ortho intramolecular Hbond substituents is 1. The zero-order chi connectivity index (χ0) is 32.9. The lowest BCUT2D eigenvalue weighted by atomic mass is 9.95. The van der Waals surface area contributed by atoms with Crippen LogP contribution in [-0.2, 0) is 0 Å². The predicted octanol–water partition coefficient (Wildman–Crippen LogP) is 5.59. The van der Waals surface area contributed by atoms with Crippen molar-refractivity contribution < 1.29 is 27.4 Å². The predicted molar refractivity (Wildman–Crippen MR) is 174 cm³/mol. The zero-order valence-corrected chi connectivity index (χ0v) is 26.8. The molecule has 0 spiro atoms.